The summed E-state index contributed by atoms with van der Waals surface area (Å²) in [4.78, 5) is 29.0. The largest absolute Gasteiger partial charge is 0.454 e. The predicted octanol–water partition coefficient (Wildman–Crippen LogP) is 1.13. The van der Waals surface area contributed by atoms with Crippen LogP contribution < -0.4 is 9.47 Å². The highest BCUT2D eigenvalue weighted by atomic mass is 16.7. The molecule has 2 fully saturated rings. The maximum Gasteiger partial charge on any atom is 0.253 e. The summed E-state index contributed by atoms with van der Waals surface area (Å²) < 4.78 is 15.9. The number of nitrogens with zero attached hydrogens (tertiary/aromatic N) is 2. The monoisotopic (exact) mass is 346 g/mol. The van der Waals surface area contributed by atoms with Crippen LogP contribution in [0.3, 0.4) is 0 Å². The van der Waals surface area contributed by atoms with Crippen molar-refractivity contribution in [2.45, 2.75) is 12.8 Å². The molecule has 0 radical (unpaired) electrons. The number of hydrogen-bond donors (Lipinski definition) is 0. The van der Waals surface area contributed by atoms with Crippen molar-refractivity contribution in [3.05, 3.63) is 23.8 Å². The lowest BCUT2D eigenvalue weighted by Gasteiger charge is -2.35. The molecule has 0 saturated carbocycles. The molecule has 7 nitrogen and oxygen atoms in total. The molecular formula is C18H22N2O5. The van der Waals surface area contributed by atoms with E-state index in [1.807, 2.05) is 9.80 Å². The van der Waals surface area contributed by atoms with Crippen LogP contribution >= 0.6 is 0 Å². The van der Waals surface area contributed by atoms with Gasteiger partial charge in [-0.2, -0.15) is 0 Å². The van der Waals surface area contributed by atoms with Gasteiger partial charge in [0, 0.05) is 37.7 Å². The number of hydrogen-bond acceptors (Lipinski definition) is 5. The smallest absolute Gasteiger partial charge is 0.253 e. The highest BCUT2D eigenvalue weighted by Crippen LogP contribution is 2.33. The van der Waals surface area contributed by atoms with Crippen molar-refractivity contribution in [1.82, 2.24) is 9.80 Å². The summed E-state index contributed by atoms with van der Waals surface area (Å²) in [5.41, 5.74) is 0.599. The van der Waals surface area contributed by atoms with E-state index in [2.05, 4.69) is 0 Å². The number of fused-ring (bicyclic) bond motifs is 1. The van der Waals surface area contributed by atoms with E-state index >= 15 is 0 Å². The number of carbonyl (C=O) groups is 2. The van der Waals surface area contributed by atoms with Gasteiger partial charge >= 0.3 is 0 Å². The summed E-state index contributed by atoms with van der Waals surface area (Å²) in [5, 5.41) is 0. The molecule has 0 unspecified atom stereocenters. The maximum atomic E-state index is 12.7. The molecule has 134 valence electrons. The van der Waals surface area contributed by atoms with Gasteiger partial charge in [0.25, 0.3) is 5.91 Å². The molecule has 1 aromatic rings. The molecule has 0 bridgehead atoms. The fraction of sp³-hybridized carbons (Fsp3) is 0.556. The number of piperidine rings is 1. The minimum atomic E-state index is -0.0180. The summed E-state index contributed by atoms with van der Waals surface area (Å²) >= 11 is 0. The average molecular weight is 346 g/mol. The zero-order valence-corrected chi connectivity index (χ0v) is 14.1. The van der Waals surface area contributed by atoms with Crippen molar-refractivity contribution in [3.8, 4) is 11.5 Å². The summed E-state index contributed by atoms with van der Waals surface area (Å²) in [6.07, 6.45) is 1.43. The van der Waals surface area contributed by atoms with Gasteiger partial charge in [-0.3, -0.25) is 9.59 Å². The van der Waals surface area contributed by atoms with Crippen LogP contribution in [0.5, 0.6) is 11.5 Å². The first-order valence-electron chi connectivity index (χ1n) is 8.78. The van der Waals surface area contributed by atoms with Crippen molar-refractivity contribution in [2.75, 3.05) is 46.2 Å². The number of amides is 2. The first-order chi connectivity index (χ1) is 12.2. The summed E-state index contributed by atoms with van der Waals surface area (Å²) in [6, 6.07) is 5.26. The summed E-state index contributed by atoms with van der Waals surface area (Å²) in [5.74, 6) is 1.49. The van der Waals surface area contributed by atoms with E-state index in [0.29, 0.717) is 69.3 Å². The van der Waals surface area contributed by atoms with Crippen molar-refractivity contribution >= 4 is 11.8 Å². The van der Waals surface area contributed by atoms with E-state index in [4.69, 9.17) is 14.2 Å². The highest BCUT2D eigenvalue weighted by Gasteiger charge is 2.31. The molecule has 0 aliphatic carbocycles. The first kappa shape index (κ1) is 16.2. The molecule has 4 rings (SSSR count). The van der Waals surface area contributed by atoms with Crippen LogP contribution in [0.4, 0.5) is 0 Å². The Morgan fingerprint density at radius 1 is 0.920 bits per heavy atom. The van der Waals surface area contributed by atoms with Crippen LogP contribution in [-0.2, 0) is 9.53 Å². The van der Waals surface area contributed by atoms with Gasteiger partial charge in [-0.05, 0) is 31.0 Å². The van der Waals surface area contributed by atoms with Crippen LogP contribution in [0.15, 0.2) is 18.2 Å². The minimum absolute atomic E-state index is 0.0129. The molecule has 3 aliphatic rings. The molecule has 25 heavy (non-hydrogen) atoms. The Morgan fingerprint density at radius 3 is 2.40 bits per heavy atom. The number of carbonyl (C=O) groups excluding carboxylic acids is 2. The van der Waals surface area contributed by atoms with Gasteiger partial charge in [0.05, 0.1) is 13.2 Å². The van der Waals surface area contributed by atoms with Crippen LogP contribution in [-0.4, -0.2) is 67.8 Å². The minimum Gasteiger partial charge on any atom is -0.454 e. The van der Waals surface area contributed by atoms with Gasteiger partial charge in [0.2, 0.25) is 12.7 Å². The molecule has 7 heteroatoms. The van der Waals surface area contributed by atoms with Gasteiger partial charge in [-0.1, -0.05) is 0 Å². The van der Waals surface area contributed by atoms with Crippen molar-refractivity contribution in [2.24, 2.45) is 5.92 Å². The fourth-order valence-corrected chi connectivity index (χ4v) is 3.58. The van der Waals surface area contributed by atoms with E-state index in [1.54, 1.807) is 18.2 Å². The van der Waals surface area contributed by atoms with E-state index < -0.39 is 0 Å². The summed E-state index contributed by atoms with van der Waals surface area (Å²) in [7, 11) is 0. The molecule has 0 spiro atoms. The Bertz CT molecular complexity index is 663. The average Bonchev–Trinajstić information content (AvgIpc) is 3.15. The van der Waals surface area contributed by atoms with Crippen LogP contribution in [0.1, 0.15) is 23.2 Å². The lowest BCUT2D eigenvalue weighted by Crippen LogP contribution is -2.47. The number of ether oxygens (including phenoxy) is 3. The van der Waals surface area contributed by atoms with Crippen LogP contribution in [0.25, 0.3) is 0 Å². The van der Waals surface area contributed by atoms with Crippen LogP contribution in [0.2, 0.25) is 0 Å². The molecule has 1 aromatic carbocycles. The normalized spacial score (nSPS) is 20.6. The van der Waals surface area contributed by atoms with Gasteiger partial charge in [0.15, 0.2) is 11.5 Å². The lowest BCUT2D eigenvalue weighted by atomic mass is 9.94. The predicted molar refractivity (Wildman–Crippen MR) is 88.6 cm³/mol. The van der Waals surface area contributed by atoms with Crippen molar-refractivity contribution < 1.29 is 23.8 Å². The van der Waals surface area contributed by atoms with Crippen molar-refractivity contribution in [3.63, 3.8) is 0 Å². The standard InChI is InChI=1S/C18H22N2O5/c21-17(20-7-9-23-10-8-20)13-3-5-19(6-4-13)18(22)14-1-2-15-16(11-14)25-12-24-15/h1-2,11,13H,3-10,12H2. The fourth-order valence-electron chi connectivity index (χ4n) is 3.58. The second-order valence-electron chi connectivity index (χ2n) is 6.57. The number of likely N-dealkylation sites (tertiary alicyclic amines) is 1. The van der Waals surface area contributed by atoms with E-state index in [1.165, 1.54) is 0 Å². The zero-order chi connectivity index (χ0) is 17.2. The first-order valence-corrected chi connectivity index (χ1v) is 8.78. The third-order valence-electron chi connectivity index (χ3n) is 5.07. The molecule has 0 N–H and O–H groups in total. The summed E-state index contributed by atoms with van der Waals surface area (Å²) in [6.45, 7) is 3.99. The second-order valence-corrected chi connectivity index (χ2v) is 6.57. The molecule has 0 atom stereocenters. The SMILES string of the molecule is O=C(c1ccc2c(c1)OCO2)N1CCC(C(=O)N2CCOCC2)CC1. The van der Waals surface area contributed by atoms with Crippen LogP contribution in [0, 0.1) is 5.92 Å². The number of rotatable bonds is 2. The third kappa shape index (κ3) is 3.28. The van der Waals surface area contributed by atoms with Gasteiger partial charge < -0.3 is 24.0 Å². The van der Waals surface area contributed by atoms with E-state index in [-0.39, 0.29) is 24.5 Å². The Balaban J connectivity index is 1.35. The van der Waals surface area contributed by atoms with Gasteiger partial charge in [0.1, 0.15) is 0 Å². The second kappa shape index (κ2) is 6.92. The Hall–Kier alpha value is -2.28. The molecular weight excluding hydrogens is 324 g/mol. The zero-order valence-electron chi connectivity index (χ0n) is 14.1. The highest BCUT2D eigenvalue weighted by molar-refractivity contribution is 5.95. The Morgan fingerprint density at radius 2 is 1.64 bits per heavy atom. The quantitative estimate of drug-likeness (QED) is 0.803. The molecule has 2 saturated heterocycles. The Labute approximate surface area is 146 Å². The molecule has 2 amide bonds. The van der Waals surface area contributed by atoms with E-state index in [9.17, 15) is 9.59 Å². The van der Waals surface area contributed by atoms with Crippen molar-refractivity contribution in [1.29, 1.82) is 0 Å². The number of benzene rings is 1. The lowest BCUT2D eigenvalue weighted by molar-refractivity contribution is -0.141. The van der Waals surface area contributed by atoms with E-state index in [0.717, 1.165) is 0 Å². The molecule has 3 heterocycles. The molecule has 0 aromatic heterocycles. The molecule has 3 aliphatic heterocycles. The van der Waals surface area contributed by atoms with Gasteiger partial charge in [-0.15, -0.1) is 0 Å². The topological polar surface area (TPSA) is 68.3 Å². The maximum absolute atomic E-state index is 12.7. The third-order valence-corrected chi connectivity index (χ3v) is 5.07. The number of morpholine rings is 1. The van der Waals surface area contributed by atoms with Gasteiger partial charge in [-0.25, -0.2) is 0 Å². The Kier molecular flexibility index (Phi) is 4.48.